The number of hydrogen-bond donors (Lipinski definition) is 5. The summed E-state index contributed by atoms with van der Waals surface area (Å²) in [6, 6.07) is 11.2. The highest BCUT2D eigenvalue weighted by atomic mass is 16.3. The fourth-order valence-electron chi connectivity index (χ4n) is 5.25. The van der Waals surface area contributed by atoms with Crippen molar-refractivity contribution in [1.82, 2.24) is 15.6 Å². The Labute approximate surface area is 236 Å². The molecule has 0 bridgehead atoms. The number of unbranched alkanes of at least 4 members (excludes halogenated alkanes) is 8. The van der Waals surface area contributed by atoms with E-state index in [2.05, 4.69) is 41.7 Å². The summed E-state index contributed by atoms with van der Waals surface area (Å²) in [6.45, 7) is 8.47. The molecule has 0 fully saturated rings. The van der Waals surface area contributed by atoms with Crippen molar-refractivity contribution in [2.45, 2.75) is 90.9 Å². The molecule has 0 saturated heterocycles. The molecule has 3 aromatic rings. The van der Waals surface area contributed by atoms with Gasteiger partial charge in [-0.25, -0.2) is 0 Å². The summed E-state index contributed by atoms with van der Waals surface area (Å²) < 4.78 is 0. The van der Waals surface area contributed by atoms with E-state index in [4.69, 9.17) is 0 Å². The van der Waals surface area contributed by atoms with Crippen LogP contribution in [0, 0.1) is 6.92 Å². The van der Waals surface area contributed by atoms with Crippen LogP contribution in [0.25, 0.3) is 16.5 Å². The molecule has 5 nitrogen and oxygen atoms in total. The number of phenolic OH excluding ortho intramolecular Hbond substituents is 2. The van der Waals surface area contributed by atoms with Gasteiger partial charge in [0.05, 0.1) is 0 Å². The van der Waals surface area contributed by atoms with E-state index >= 15 is 0 Å². The molecule has 0 spiro atoms. The summed E-state index contributed by atoms with van der Waals surface area (Å²) >= 11 is 0. The maximum Gasteiger partial charge on any atom is 0.116 e. The minimum atomic E-state index is 0.328. The molecule has 0 unspecified atom stereocenters. The average molecular weight is 534 g/mol. The van der Waals surface area contributed by atoms with Crippen molar-refractivity contribution in [2.75, 3.05) is 26.2 Å². The number of aryl methyl sites for hydroxylation is 1. The zero-order valence-electron chi connectivity index (χ0n) is 24.3. The van der Waals surface area contributed by atoms with Gasteiger partial charge in [0.1, 0.15) is 11.5 Å². The van der Waals surface area contributed by atoms with E-state index in [9.17, 15) is 10.2 Å². The van der Waals surface area contributed by atoms with Crippen LogP contribution in [0.4, 0.5) is 0 Å². The van der Waals surface area contributed by atoms with E-state index in [0.29, 0.717) is 11.5 Å². The first-order chi connectivity index (χ1) is 19.1. The third-order valence-electron chi connectivity index (χ3n) is 7.60. The molecule has 0 aliphatic rings. The van der Waals surface area contributed by atoms with Crippen LogP contribution in [0.3, 0.4) is 0 Å². The zero-order chi connectivity index (χ0) is 27.7. The molecule has 1 aromatic heterocycles. The molecule has 3 rings (SSSR count). The molecule has 0 radical (unpaired) electrons. The fraction of sp³-hybridized carbons (Fsp3) is 0.529. The Morgan fingerprint density at radius 1 is 0.795 bits per heavy atom. The van der Waals surface area contributed by atoms with Crippen molar-refractivity contribution in [3.63, 3.8) is 0 Å². The lowest BCUT2D eigenvalue weighted by Gasteiger charge is -2.13. The van der Waals surface area contributed by atoms with Crippen LogP contribution >= 0.6 is 0 Å². The minimum Gasteiger partial charge on any atom is -0.508 e. The molecule has 0 atom stereocenters. The number of fused-ring (bicyclic) bond motifs is 1. The van der Waals surface area contributed by atoms with Crippen LogP contribution in [0.5, 0.6) is 11.5 Å². The molecular weight excluding hydrogens is 482 g/mol. The van der Waals surface area contributed by atoms with Crippen LogP contribution < -0.4 is 10.6 Å². The summed E-state index contributed by atoms with van der Waals surface area (Å²) in [5.74, 6) is 0.678. The van der Waals surface area contributed by atoms with Gasteiger partial charge in [0, 0.05) is 17.1 Å². The van der Waals surface area contributed by atoms with Crippen LogP contribution in [-0.4, -0.2) is 41.4 Å². The normalized spacial score (nSPS) is 12.0. The Bertz CT molecular complexity index is 1130. The maximum atomic E-state index is 9.93. The SMILES string of the molecule is CCC/C=C(/CCNCCCCCCCCCCNCCc1c[nH]c2ccc(O)cc12)c1cc(O)ccc1C. The van der Waals surface area contributed by atoms with Crippen molar-refractivity contribution < 1.29 is 10.2 Å². The Morgan fingerprint density at radius 3 is 2.15 bits per heavy atom. The lowest BCUT2D eigenvalue weighted by molar-refractivity contribution is 0.474. The number of nitrogens with one attached hydrogen (secondary N) is 3. The van der Waals surface area contributed by atoms with Gasteiger partial charge in [-0.1, -0.05) is 64.0 Å². The summed E-state index contributed by atoms with van der Waals surface area (Å²) in [5, 5.41) is 28.0. The molecule has 0 aliphatic carbocycles. The van der Waals surface area contributed by atoms with Crippen molar-refractivity contribution in [3.8, 4) is 11.5 Å². The van der Waals surface area contributed by atoms with Gasteiger partial charge in [0.2, 0.25) is 0 Å². The van der Waals surface area contributed by atoms with Crippen molar-refractivity contribution >= 4 is 16.5 Å². The molecule has 0 aliphatic heterocycles. The standard InChI is InChI=1S/C34H51N3O2/c1-3-4-13-28(32-24-30(38)15-14-27(32)2)18-22-35-20-11-9-7-5-6-8-10-12-21-36-23-19-29-26-37-34-17-16-31(39)25-33(29)34/h13-17,24-26,35-39H,3-12,18-23H2,1-2H3/b28-13-. The zero-order valence-corrected chi connectivity index (χ0v) is 24.3. The van der Waals surface area contributed by atoms with Crippen LogP contribution in [0.2, 0.25) is 0 Å². The number of phenols is 2. The van der Waals surface area contributed by atoms with Crippen LogP contribution in [0.15, 0.2) is 48.7 Å². The first-order valence-corrected chi connectivity index (χ1v) is 15.3. The van der Waals surface area contributed by atoms with Gasteiger partial charge < -0.3 is 25.8 Å². The van der Waals surface area contributed by atoms with Crippen LogP contribution in [0.1, 0.15) is 94.2 Å². The predicted octanol–water partition coefficient (Wildman–Crippen LogP) is 8.00. The smallest absolute Gasteiger partial charge is 0.116 e. The molecule has 39 heavy (non-hydrogen) atoms. The molecule has 1 heterocycles. The molecular formula is C34H51N3O2. The molecule has 0 amide bonds. The number of hydrogen-bond acceptors (Lipinski definition) is 4. The van der Waals surface area contributed by atoms with Gasteiger partial charge in [-0.3, -0.25) is 0 Å². The van der Waals surface area contributed by atoms with E-state index in [-0.39, 0.29) is 0 Å². The third-order valence-corrected chi connectivity index (χ3v) is 7.60. The Balaban J connectivity index is 1.13. The number of rotatable bonds is 20. The highest BCUT2D eigenvalue weighted by molar-refractivity contribution is 5.84. The van der Waals surface area contributed by atoms with E-state index in [0.717, 1.165) is 62.8 Å². The largest absolute Gasteiger partial charge is 0.508 e. The number of H-pyrrole nitrogens is 1. The average Bonchev–Trinajstić information content (AvgIpc) is 3.33. The number of allylic oxidation sites excluding steroid dienone is 1. The van der Waals surface area contributed by atoms with Gasteiger partial charge >= 0.3 is 0 Å². The summed E-state index contributed by atoms with van der Waals surface area (Å²) in [7, 11) is 0. The first kappa shape index (κ1) is 30.8. The van der Waals surface area contributed by atoms with E-state index in [1.54, 1.807) is 12.1 Å². The van der Waals surface area contributed by atoms with Crippen molar-refractivity contribution in [3.05, 3.63) is 65.4 Å². The lowest BCUT2D eigenvalue weighted by Crippen LogP contribution is -2.18. The summed E-state index contributed by atoms with van der Waals surface area (Å²) in [6.07, 6.45) is 19.1. The predicted molar refractivity (Wildman–Crippen MR) is 167 cm³/mol. The van der Waals surface area contributed by atoms with Gasteiger partial charge in [-0.2, -0.15) is 0 Å². The van der Waals surface area contributed by atoms with Crippen molar-refractivity contribution in [1.29, 1.82) is 0 Å². The molecule has 0 saturated carbocycles. The van der Waals surface area contributed by atoms with E-state index in [1.807, 2.05) is 24.3 Å². The monoisotopic (exact) mass is 533 g/mol. The number of benzene rings is 2. The van der Waals surface area contributed by atoms with E-state index in [1.165, 1.54) is 73.6 Å². The quantitative estimate of drug-likeness (QED) is 0.0953. The maximum absolute atomic E-state index is 9.93. The molecule has 2 aromatic carbocycles. The highest BCUT2D eigenvalue weighted by Gasteiger charge is 2.07. The first-order valence-electron chi connectivity index (χ1n) is 15.3. The number of aromatic nitrogens is 1. The Morgan fingerprint density at radius 2 is 1.44 bits per heavy atom. The van der Waals surface area contributed by atoms with E-state index < -0.39 is 0 Å². The number of aromatic amines is 1. The highest BCUT2D eigenvalue weighted by Crippen LogP contribution is 2.26. The second-order valence-electron chi connectivity index (χ2n) is 10.9. The Hall–Kier alpha value is -2.76. The van der Waals surface area contributed by atoms with Gasteiger partial charge in [0.25, 0.3) is 0 Å². The molecule has 214 valence electrons. The van der Waals surface area contributed by atoms with Crippen LogP contribution in [-0.2, 0) is 6.42 Å². The van der Waals surface area contributed by atoms with Gasteiger partial charge in [-0.05, 0) is 118 Å². The van der Waals surface area contributed by atoms with Gasteiger partial charge in [-0.15, -0.1) is 0 Å². The minimum absolute atomic E-state index is 0.328. The summed E-state index contributed by atoms with van der Waals surface area (Å²) in [5.41, 5.74) is 6.12. The fourth-order valence-corrected chi connectivity index (χ4v) is 5.25. The second-order valence-corrected chi connectivity index (χ2v) is 10.9. The Kier molecular flexibility index (Phi) is 14.0. The van der Waals surface area contributed by atoms with Gasteiger partial charge in [0.15, 0.2) is 0 Å². The second kappa shape index (κ2) is 17.8. The molecule has 5 heteroatoms. The van der Waals surface area contributed by atoms with Crippen molar-refractivity contribution in [2.24, 2.45) is 0 Å². The summed E-state index contributed by atoms with van der Waals surface area (Å²) in [4.78, 5) is 3.28. The number of aromatic hydroxyl groups is 2. The topological polar surface area (TPSA) is 80.3 Å². The lowest BCUT2D eigenvalue weighted by atomic mass is 9.96. The molecule has 5 N–H and O–H groups in total. The third kappa shape index (κ3) is 11.1.